The molecule has 0 radical (unpaired) electrons. The van der Waals surface area contributed by atoms with Crippen LogP contribution in [0, 0.1) is 0 Å². The number of amides is 1. The highest BCUT2D eigenvalue weighted by Crippen LogP contribution is 2.26. The van der Waals surface area contributed by atoms with Gasteiger partial charge in [-0.1, -0.05) is 36.4 Å². The summed E-state index contributed by atoms with van der Waals surface area (Å²) >= 11 is 3.28. The van der Waals surface area contributed by atoms with Crippen LogP contribution in [-0.4, -0.2) is 23.1 Å². The van der Waals surface area contributed by atoms with E-state index >= 15 is 0 Å². The van der Waals surface area contributed by atoms with E-state index in [0.717, 1.165) is 11.1 Å². The minimum absolute atomic E-state index is 0.180. The molecule has 2 aromatic carbocycles. The van der Waals surface area contributed by atoms with Gasteiger partial charge in [-0.25, -0.2) is 4.79 Å². The van der Waals surface area contributed by atoms with E-state index in [4.69, 9.17) is 4.74 Å². The number of carbonyl (C=O) groups is 2. The number of carbonyl (C=O) groups excluding carboxylic acids is 2. The number of anilines is 1. The fourth-order valence-electron chi connectivity index (χ4n) is 2.81. The van der Waals surface area contributed by atoms with Gasteiger partial charge in [0, 0.05) is 16.7 Å². The molecule has 3 rings (SSSR count). The summed E-state index contributed by atoms with van der Waals surface area (Å²) in [7, 11) is 0. The minimum Gasteiger partial charge on any atom is -0.462 e. The maximum atomic E-state index is 12.5. The van der Waals surface area contributed by atoms with Gasteiger partial charge < -0.3 is 14.6 Å². The molecule has 0 aliphatic heterocycles. The number of benzene rings is 2. The maximum Gasteiger partial charge on any atom is 0.340 e. The molecule has 7 heteroatoms. The molecular formula is C22H19BrN2O4. The first-order valence-corrected chi connectivity index (χ1v) is 9.79. The van der Waals surface area contributed by atoms with Crippen LogP contribution in [0.4, 0.5) is 5.69 Å². The third-order valence-electron chi connectivity index (χ3n) is 4.16. The number of rotatable bonds is 6. The Balaban J connectivity index is 1.89. The number of hydrogen-bond donors (Lipinski definition) is 1. The van der Waals surface area contributed by atoms with Crippen molar-refractivity contribution in [3.63, 3.8) is 0 Å². The van der Waals surface area contributed by atoms with E-state index in [0.29, 0.717) is 10.2 Å². The van der Waals surface area contributed by atoms with Crippen LogP contribution in [0.25, 0.3) is 11.1 Å². The predicted molar refractivity (Wildman–Crippen MR) is 115 cm³/mol. The molecule has 0 fully saturated rings. The smallest absolute Gasteiger partial charge is 0.340 e. The van der Waals surface area contributed by atoms with Crippen molar-refractivity contribution in [1.29, 1.82) is 0 Å². The van der Waals surface area contributed by atoms with Crippen molar-refractivity contribution in [2.75, 3.05) is 11.9 Å². The molecule has 0 aliphatic rings. The quantitative estimate of drug-likeness (QED) is 0.568. The van der Waals surface area contributed by atoms with E-state index in [2.05, 4.69) is 21.2 Å². The summed E-state index contributed by atoms with van der Waals surface area (Å²) < 4.78 is 7.11. The normalized spacial score (nSPS) is 10.4. The van der Waals surface area contributed by atoms with Crippen molar-refractivity contribution < 1.29 is 14.3 Å². The lowest BCUT2D eigenvalue weighted by atomic mass is 10.0. The molecular weight excluding hydrogens is 436 g/mol. The summed E-state index contributed by atoms with van der Waals surface area (Å²) in [5.74, 6) is -0.955. The van der Waals surface area contributed by atoms with E-state index in [1.807, 2.05) is 36.4 Å². The molecule has 0 spiro atoms. The number of ether oxygens (including phenoxy) is 1. The second kappa shape index (κ2) is 9.34. The van der Waals surface area contributed by atoms with Gasteiger partial charge in [0.1, 0.15) is 6.54 Å². The number of halogens is 1. The fourth-order valence-corrected chi connectivity index (χ4v) is 3.19. The van der Waals surface area contributed by atoms with Crippen molar-refractivity contribution in [1.82, 2.24) is 4.57 Å². The lowest BCUT2D eigenvalue weighted by Gasteiger charge is -2.13. The van der Waals surface area contributed by atoms with E-state index in [9.17, 15) is 14.4 Å². The van der Waals surface area contributed by atoms with Gasteiger partial charge in [0.05, 0.1) is 17.9 Å². The number of nitrogens with one attached hydrogen (secondary N) is 1. The Morgan fingerprint density at radius 2 is 1.79 bits per heavy atom. The molecule has 1 N–H and O–H groups in total. The second-order valence-corrected chi connectivity index (χ2v) is 7.12. The van der Waals surface area contributed by atoms with Crippen molar-refractivity contribution in [2.45, 2.75) is 13.5 Å². The standard InChI is InChI=1S/C22H19BrN2O4/c1-2-29-22(28)18-12-16(15-6-4-3-5-7-15)8-10-19(18)24-20(26)14-25-13-17(23)9-11-21(25)27/h3-13H,2,14H2,1H3,(H,24,26). The summed E-state index contributed by atoms with van der Waals surface area (Å²) in [6.45, 7) is 1.76. The summed E-state index contributed by atoms with van der Waals surface area (Å²) in [4.78, 5) is 36.9. The number of esters is 1. The highest BCUT2D eigenvalue weighted by atomic mass is 79.9. The van der Waals surface area contributed by atoms with Crippen LogP contribution in [0.2, 0.25) is 0 Å². The molecule has 0 saturated heterocycles. The number of nitrogens with zero attached hydrogens (tertiary/aromatic N) is 1. The average Bonchev–Trinajstić information content (AvgIpc) is 2.72. The van der Waals surface area contributed by atoms with Gasteiger partial charge in [0.25, 0.3) is 5.56 Å². The van der Waals surface area contributed by atoms with Crippen LogP contribution in [0.1, 0.15) is 17.3 Å². The van der Waals surface area contributed by atoms with E-state index in [-0.39, 0.29) is 24.3 Å². The van der Waals surface area contributed by atoms with Crippen molar-refractivity contribution in [2.24, 2.45) is 0 Å². The number of aromatic nitrogens is 1. The van der Waals surface area contributed by atoms with Gasteiger partial charge in [-0.05, 0) is 52.2 Å². The lowest BCUT2D eigenvalue weighted by Crippen LogP contribution is -2.27. The Labute approximate surface area is 176 Å². The molecule has 0 unspecified atom stereocenters. The zero-order valence-corrected chi connectivity index (χ0v) is 17.3. The summed E-state index contributed by atoms with van der Waals surface area (Å²) in [6.07, 6.45) is 1.53. The monoisotopic (exact) mass is 454 g/mol. The van der Waals surface area contributed by atoms with E-state index < -0.39 is 11.9 Å². The molecule has 0 atom stereocenters. The van der Waals surface area contributed by atoms with Gasteiger partial charge in [0.15, 0.2) is 0 Å². The number of pyridine rings is 1. The number of hydrogen-bond acceptors (Lipinski definition) is 4. The van der Waals surface area contributed by atoms with E-state index in [1.165, 1.54) is 16.8 Å². The molecule has 0 bridgehead atoms. The van der Waals surface area contributed by atoms with Crippen molar-refractivity contribution in [3.05, 3.63) is 87.3 Å². The van der Waals surface area contributed by atoms with Crippen molar-refractivity contribution in [3.8, 4) is 11.1 Å². The first-order chi connectivity index (χ1) is 14.0. The van der Waals surface area contributed by atoms with Gasteiger partial charge in [-0.15, -0.1) is 0 Å². The highest BCUT2D eigenvalue weighted by Gasteiger charge is 2.16. The Bertz CT molecular complexity index is 1090. The average molecular weight is 455 g/mol. The second-order valence-electron chi connectivity index (χ2n) is 6.21. The first-order valence-electron chi connectivity index (χ1n) is 9.00. The molecule has 0 saturated carbocycles. The minimum atomic E-state index is -0.528. The Hall–Kier alpha value is -3.19. The van der Waals surface area contributed by atoms with Crippen LogP contribution in [-0.2, 0) is 16.1 Å². The van der Waals surface area contributed by atoms with Crippen LogP contribution in [0.15, 0.2) is 76.1 Å². The third-order valence-corrected chi connectivity index (χ3v) is 4.63. The third kappa shape index (κ3) is 5.20. The Morgan fingerprint density at radius 1 is 1.03 bits per heavy atom. The Kier molecular flexibility index (Phi) is 6.61. The SMILES string of the molecule is CCOC(=O)c1cc(-c2ccccc2)ccc1NC(=O)Cn1cc(Br)ccc1=O. The van der Waals surface area contributed by atoms with Gasteiger partial charge >= 0.3 is 5.97 Å². The van der Waals surface area contributed by atoms with Crippen LogP contribution in [0.3, 0.4) is 0 Å². The zero-order valence-electron chi connectivity index (χ0n) is 15.7. The summed E-state index contributed by atoms with van der Waals surface area (Å²) in [6, 6.07) is 17.7. The van der Waals surface area contributed by atoms with Gasteiger partial charge in [-0.2, -0.15) is 0 Å². The molecule has 6 nitrogen and oxygen atoms in total. The summed E-state index contributed by atoms with van der Waals surface area (Å²) in [5.41, 5.74) is 2.05. The van der Waals surface area contributed by atoms with Gasteiger partial charge in [-0.3, -0.25) is 9.59 Å². The molecule has 0 aliphatic carbocycles. The van der Waals surface area contributed by atoms with Crippen LogP contribution in [0.5, 0.6) is 0 Å². The van der Waals surface area contributed by atoms with Gasteiger partial charge in [0.2, 0.25) is 5.91 Å². The highest BCUT2D eigenvalue weighted by molar-refractivity contribution is 9.10. The first kappa shape index (κ1) is 20.5. The molecule has 29 heavy (non-hydrogen) atoms. The largest absolute Gasteiger partial charge is 0.462 e. The maximum absolute atomic E-state index is 12.5. The zero-order chi connectivity index (χ0) is 20.8. The Morgan fingerprint density at radius 3 is 2.52 bits per heavy atom. The summed E-state index contributed by atoms with van der Waals surface area (Å²) in [5, 5.41) is 2.71. The predicted octanol–water partition coefficient (Wildman–Crippen LogP) is 4.09. The fraction of sp³-hybridized carbons (Fsp3) is 0.136. The molecule has 1 amide bonds. The molecule has 1 heterocycles. The molecule has 148 valence electrons. The van der Waals surface area contributed by atoms with Crippen LogP contribution >= 0.6 is 15.9 Å². The van der Waals surface area contributed by atoms with Crippen molar-refractivity contribution >= 4 is 33.5 Å². The van der Waals surface area contributed by atoms with Crippen LogP contribution < -0.4 is 10.9 Å². The lowest BCUT2D eigenvalue weighted by molar-refractivity contribution is -0.116. The molecule has 1 aromatic heterocycles. The topological polar surface area (TPSA) is 77.4 Å². The molecule has 3 aromatic rings. The van der Waals surface area contributed by atoms with E-state index in [1.54, 1.807) is 25.1 Å².